The molecule has 316 valence electrons. The number of carbonyl (C=O) groups is 1. The quantitative estimate of drug-likeness (QED) is 0.0429. The number of unbranched alkanes of at least 4 members (excludes halogenated alkanes) is 38. The Labute approximate surface area is 333 Å². The predicted molar refractivity (Wildman–Crippen MR) is 235 cm³/mol. The predicted octanol–water partition coefficient (Wildman–Crippen LogP) is 15.4. The van der Waals surface area contributed by atoms with E-state index >= 15 is 0 Å². The summed E-state index contributed by atoms with van der Waals surface area (Å²) < 4.78 is 0. The molecule has 0 aliphatic heterocycles. The third-order valence-corrected chi connectivity index (χ3v) is 11.5. The van der Waals surface area contributed by atoms with Crippen molar-refractivity contribution in [2.24, 2.45) is 0 Å². The van der Waals surface area contributed by atoms with Gasteiger partial charge in [0.25, 0.3) is 0 Å². The van der Waals surface area contributed by atoms with Crippen molar-refractivity contribution in [3.63, 3.8) is 0 Å². The van der Waals surface area contributed by atoms with Crippen LogP contribution in [0.3, 0.4) is 0 Å². The molecule has 4 heteroatoms. The van der Waals surface area contributed by atoms with Gasteiger partial charge in [0.15, 0.2) is 0 Å². The molecular formula is C49H97NO3. The molecule has 3 N–H and O–H groups in total. The Morgan fingerprint density at radius 1 is 0.434 bits per heavy atom. The maximum Gasteiger partial charge on any atom is 0.220 e. The molecule has 0 radical (unpaired) electrons. The summed E-state index contributed by atoms with van der Waals surface area (Å²) in [7, 11) is 0. The molecule has 0 aromatic heterocycles. The number of hydrogen-bond acceptors (Lipinski definition) is 3. The lowest BCUT2D eigenvalue weighted by Crippen LogP contribution is -2.45. The first kappa shape index (κ1) is 52.1. The van der Waals surface area contributed by atoms with Gasteiger partial charge in [-0.15, -0.1) is 0 Å². The van der Waals surface area contributed by atoms with Gasteiger partial charge in [-0.3, -0.25) is 4.79 Å². The number of hydrogen-bond donors (Lipinski definition) is 3. The second-order valence-corrected chi connectivity index (χ2v) is 16.9. The smallest absolute Gasteiger partial charge is 0.220 e. The van der Waals surface area contributed by atoms with Crippen molar-refractivity contribution in [1.82, 2.24) is 5.32 Å². The van der Waals surface area contributed by atoms with Gasteiger partial charge in [0, 0.05) is 6.42 Å². The Bertz CT molecular complexity index is 725. The standard InChI is InChI=1S/C49H97NO3/c1-3-5-7-9-11-13-15-17-19-20-21-22-23-24-25-26-27-28-29-31-32-34-36-38-40-42-44-48(52)47(46-51)50-49(53)45-43-41-39-37-35-33-30-18-16-14-12-10-8-6-4-2/h42,44,47-48,51-52H,3-41,43,45-46H2,1-2H3,(H,50,53)/b44-42+. The Kier molecular flexibility index (Phi) is 44.8. The van der Waals surface area contributed by atoms with E-state index in [1.165, 1.54) is 231 Å². The zero-order chi connectivity index (χ0) is 38.6. The lowest BCUT2D eigenvalue weighted by molar-refractivity contribution is -0.123. The van der Waals surface area contributed by atoms with Gasteiger partial charge in [0.2, 0.25) is 5.91 Å². The summed E-state index contributed by atoms with van der Waals surface area (Å²) in [6, 6.07) is -0.616. The Morgan fingerprint density at radius 3 is 0.981 bits per heavy atom. The summed E-state index contributed by atoms with van der Waals surface area (Å²) in [6.07, 6.45) is 57.7. The average Bonchev–Trinajstić information content (AvgIpc) is 3.16. The number of carbonyl (C=O) groups excluding carboxylic acids is 1. The van der Waals surface area contributed by atoms with Gasteiger partial charge in [-0.2, -0.15) is 0 Å². The maximum atomic E-state index is 12.4. The second kappa shape index (κ2) is 45.5. The fraction of sp³-hybridized carbons (Fsp3) is 0.939. The van der Waals surface area contributed by atoms with Crippen molar-refractivity contribution >= 4 is 5.91 Å². The normalized spacial score (nSPS) is 12.9. The third-order valence-electron chi connectivity index (χ3n) is 11.5. The molecule has 0 aliphatic rings. The van der Waals surface area contributed by atoms with Crippen molar-refractivity contribution in [3.8, 4) is 0 Å². The van der Waals surface area contributed by atoms with E-state index in [4.69, 9.17) is 0 Å². The van der Waals surface area contributed by atoms with E-state index in [1.54, 1.807) is 6.08 Å². The first-order valence-corrected chi connectivity index (χ1v) is 24.4. The van der Waals surface area contributed by atoms with E-state index < -0.39 is 12.1 Å². The van der Waals surface area contributed by atoms with Crippen molar-refractivity contribution in [2.45, 2.75) is 289 Å². The molecule has 0 rings (SSSR count). The van der Waals surface area contributed by atoms with Crippen LogP contribution in [0.25, 0.3) is 0 Å². The zero-order valence-electron chi connectivity index (χ0n) is 36.3. The van der Waals surface area contributed by atoms with Gasteiger partial charge in [0.1, 0.15) is 0 Å². The maximum absolute atomic E-state index is 12.4. The first-order valence-electron chi connectivity index (χ1n) is 24.4. The molecule has 0 heterocycles. The zero-order valence-corrected chi connectivity index (χ0v) is 36.3. The highest BCUT2D eigenvalue weighted by atomic mass is 16.3. The van der Waals surface area contributed by atoms with E-state index in [0.717, 1.165) is 25.7 Å². The molecule has 0 aromatic rings. The SMILES string of the molecule is CCCCCCCCCCCCCCCCCCCCCCCCCC/C=C/C(O)C(CO)NC(=O)CCCCCCCCCCCCCCCCC. The fourth-order valence-corrected chi connectivity index (χ4v) is 7.77. The lowest BCUT2D eigenvalue weighted by atomic mass is 10.0. The fourth-order valence-electron chi connectivity index (χ4n) is 7.77. The number of allylic oxidation sites excluding steroid dienone is 1. The summed E-state index contributed by atoms with van der Waals surface area (Å²) >= 11 is 0. The monoisotopic (exact) mass is 748 g/mol. The molecule has 0 fully saturated rings. The van der Waals surface area contributed by atoms with E-state index in [1.807, 2.05) is 6.08 Å². The van der Waals surface area contributed by atoms with E-state index in [2.05, 4.69) is 19.2 Å². The number of aliphatic hydroxyl groups is 2. The van der Waals surface area contributed by atoms with Crippen LogP contribution in [0, 0.1) is 0 Å². The summed E-state index contributed by atoms with van der Waals surface area (Å²) in [4.78, 5) is 12.4. The van der Waals surface area contributed by atoms with Crippen LogP contribution in [0.5, 0.6) is 0 Å². The highest BCUT2D eigenvalue weighted by Crippen LogP contribution is 2.17. The molecular weight excluding hydrogens is 651 g/mol. The minimum absolute atomic E-state index is 0.0591. The van der Waals surface area contributed by atoms with Crippen molar-refractivity contribution in [3.05, 3.63) is 12.2 Å². The van der Waals surface area contributed by atoms with E-state index in [-0.39, 0.29) is 12.5 Å². The number of amides is 1. The summed E-state index contributed by atoms with van der Waals surface area (Å²) in [5, 5.41) is 23.1. The molecule has 2 atom stereocenters. The molecule has 0 spiro atoms. The molecule has 0 saturated carbocycles. The largest absolute Gasteiger partial charge is 0.394 e. The minimum atomic E-state index is -0.834. The molecule has 4 nitrogen and oxygen atoms in total. The average molecular weight is 748 g/mol. The lowest BCUT2D eigenvalue weighted by Gasteiger charge is -2.20. The Hall–Kier alpha value is -0.870. The van der Waals surface area contributed by atoms with Crippen LogP contribution >= 0.6 is 0 Å². The highest BCUT2D eigenvalue weighted by molar-refractivity contribution is 5.76. The first-order chi connectivity index (χ1) is 26.2. The van der Waals surface area contributed by atoms with Crippen LogP contribution < -0.4 is 5.32 Å². The molecule has 53 heavy (non-hydrogen) atoms. The van der Waals surface area contributed by atoms with E-state index in [9.17, 15) is 15.0 Å². The van der Waals surface area contributed by atoms with Gasteiger partial charge >= 0.3 is 0 Å². The van der Waals surface area contributed by atoms with Crippen LogP contribution in [0.2, 0.25) is 0 Å². The van der Waals surface area contributed by atoms with Crippen LogP contribution in [0.1, 0.15) is 277 Å². The minimum Gasteiger partial charge on any atom is -0.394 e. The number of nitrogens with one attached hydrogen (secondary N) is 1. The van der Waals surface area contributed by atoms with Gasteiger partial charge < -0.3 is 15.5 Å². The van der Waals surface area contributed by atoms with Gasteiger partial charge in [-0.1, -0.05) is 264 Å². The van der Waals surface area contributed by atoms with Crippen LogP contribution in [-0.2, 0) is 4.79 Å². The van der Waals surface area contributed by atoms with Gasteiger partial charge in [-0.05, 0) is 19.3 Å². The molecule has 0 aromatic carbocycles. The summed E-state index contributed by atoms with van der Waals surface area (Å²) in [5.74, 6) is -0.0591. The number of rotatable bonds is 45. The van der Waals surface area contributed by atoms with Crippen molar-refractivity contribution < 1.29 is 15.0 Å². The van der Waals surface area contributed by atoms with Crippen molar-refractivity contribution in [1.29, 1.82) is 0 Å². The van der Waals surface area contributed by atoms with Gasteiger partial charge in [0.05, 0.1) is 18.8 Å². The van der Waals surface area contributed by atoms with Crippen LogP contribution in [0.4, 0.5) is 0 Å². The Morgan fingerprint density at radius 2 is 0.698 bits per heavy atom. The highest BCUT2D eigenvalue weighted by Gasteiger charge is 2.18. The van der Waals surface area contributed by atoms with Crippen molar-refractivity contribution in [2.75, 3.05) is 6.61 Å². The topological polar surface area (TPSA) is 69.6 Å². The van der Waals surface area contributed by atoms with Crippen LogP contribution in [0.15, 0.2) is 12.2 Å². The second-order valence-electron chi connectivity index (χ2n) is 16.9. The van der Waals surface area contributed by atoms with E-state index in [0.29, 0.717) is 6.42 Å². The molecule has 0 bridgehead atoms. The molecule has 2 unspecified atom stereocenters. The van der Waals surface area contributed by atoms with Gasteiger partial charge in [-0.25, -0.2) is 0 Å². The number of aliphatic hydroxyl groups excluding tert-OH is 2. The Balaban J connectivity index is 3.47. The van der Waals surface area contributed by atoms with Crippen LogP contribution in [-0.4, -0.2) is 34.9 Å². The molecule has 1 amide bonds. The molecule has 0 saturated heterocycles. The third kappa shape index (κ3) is 42.1. The summed E-state index contributed by atoms with van der Waals surface area (Å²) in [6.45, 7) is 4.34. The summed E-state index contributed by atoms with van der Waals surface area (Å²) in [5.41, 5.74) is 0. The molecule has 0 aliphatic carbocycles.